The number of benzene rings is 1. The van der Waals surface area contributed by atoms with Gasteiger partial charge < -0.3 is 14.8 Å². The van der Waals surface area contributed by atoms with Crippen molar-refractivity contribution in [3.05, 3.63) is 22.7 Å². The quantitative estimate of drug-likeness (QED) is 0.875. The molecule has 2 aliphatic rings. The molecule has 1 N–H and O–H groups in total. The average Bonchev–Trinajstić information content (AvgIpc) is 3.33. The third-order valence-electron chi connectivity index (χ3n) is 4.14. The van der Waals surface area contributed by atoms with Crippen LogP contribution >= 0.6 is 11.6 Å². The van der Waals surface area contributed by atoms with Gasteiger partial charge in [-0.25, -0.2) is 0 Å². The summed E-state index contributed by atoms with van der Waals surface area (Å²) >= 11 is 6.43. The van der Waals surface area contributed by atoms with Gasteiger partial charge >= 0.3 is 0 Å². The van der Waals surface area contributed by atoms with E-state index in [0.717, 1.165) is 61.4 Å². The number of hydrogen-bond donors (Lipinski definition) is 1. The molecule has 1 aromatic carbocycles. The maximum atomic E-state index is 6.43. The van der Waals surface area contributed by atoms with Gasteiger partial charge in [0.1, 0.15) is 0 Å². The lowest BCUT2D eigenvalue weighted by Crippen LogP contribution is -2.43. The Hall–Kier alpha value is -0.970. The lowest BCUT2D eigenvalue weighted by atomic mass is 10.1. The molecule has 0 atom stereocenters. The van der Waals surface area contributed by atoms with E-state index in [9.17, 15) is 0 Å². The van der Waals surface area contributed by atoms with Crippen LogP contribution in [0.25, 0.3) is 0 Å². The van der Waals surface area contributed by atoms with E-state index < -0.39 is 0 Å². The Balaban J connectivity index is 1.80. The lowest BCUT2D eigenvalue weighted by Gasteiger charge is -2.28. The summed E-state index contributed by atoms with van der Waals surface area (Å²) in [6.07, 6.45) is 2.55. The Bertz CT molecular complexity index is 485. The van der Waals surface area contributed by atoms with Crippen molar-refractivity contribution in [3.63, 3.8) is 0 Å². The summed E-state index contributed by atoms with van der Waals surface area (Å²) in [4.78, 5) is 2.40. The Kier molecular flexibility index (Phi) is 4.88. The predicted molar refractivity (Wildman–Crippen MR) is 84.4 cm³/mol. The smallest absolute Gasteiger partial charge is 0.167 e. The Morgan fingerprint density at radius 1 is 1.29 bits per heavy atom. The van der Waals surface area contributed by atoms with Crippen molar-refractivity contribution in [1.29, 1.82) is 0 Å². The lowest BCUT2D eigenvalue weighted by molar-refractivity contribution is 0.223. The first kappa shape index (κ1) is 14.9. The van der Waals surface area contributed by atoms with Gasteiger partial charge in [0.05, 0.1) is 13.7 Å². The monoisotopic (exact) mass is 310 g/mol. The number of methoxy groups -OCH3 is 1. The van der Waals surface area contributed by atoms with Gasteiger partial charge in [0.15, 0.2) is 11.5 Å². The zero-order chi connectivity index (χ0) is 14.7. The molecular formula is C16H23ClN2O2. The number of nitrogens with zero attached hydrogens (tertiary/aromatic N) is 1. The van der Waals surface area contributed by atoms with E-state index in [1.54, 1.807) is 7.11 Å². The molecule has 0 spiro atoms. The second-order valence-electron chi connectivity index (χ2n) is 5.84. The molecule has 1 saturated carbocycles. The molecule has 1 aliphatic heterocycles. The number of ether oxygens (including phenoxy) is 2. The molecule has 3 rings (SSSR count). The van der Waals surface area contributed by atoms with Gasteiger partial charge in [-0.1, -0.05) is 11.6 Å². The van der Waals surface area contributed by atoms with E-state index in [0.29, 0.717) is 5.92 Å². The second kappa shape index (κ2) is 6.86. The van der Waals surface area contributed by atoms with Crippen LogP contribution in [0.4, 0.5) is 0 Å². The zero-order valence-electron chi connectivity index (χ0n) is 12.5. The summed E-state index contributed by atoms with van der Waals surface area (Å²) in [6.45, 7) is 5.72. The van der Waals surface area contributed by atoms with Gasteiger partial charge in [-0.15, -0.1) is 0 Å². The highest BCUT2D eigenvalue weighted by Crippen LogP contribution is 2.39. The maximum absolute atomic E-state index is 6.43. The summed E-state index contributed by atoms with van der Waals surface area (Å²) in [5, 5.41) is 4.13. The topological polar surface area (TPSA) is 33.7 Å². The zero-order valence-corrected chi connectivity index (χ0v) is 13.3. The van der Waals surface area contributed by atoms with Gasteiger partial charge in [-0.05, 0) is 30.9 Å². The van der Waals surface area contributed by atoms with E-state index in [1.165, 1.54) is 12.8 Å². The number of nitrogens with one attached hydrogen (secondary N) is 1. The average molecular weight is 311 g/mol. The van der Waals surface area contributed by atoms with Crippen LogP contribution in [0, 0.1) is 5.92 Å². The summed E-state index contributed by atoms with van der Waals surface area (Å²) in [5.41, 5.74) is 1.05. The van der Waals surface area contributed by atoms with Gasteiger partial charge in [0, 0.05) is 43.3 Å². The van der Waals surface area contributed by atoms with Crippen LogP contribution in [-0.4, -0.2) is 44.8 Å². The fraction of sp³-hybridized carbons (Fsp3) is 0.625. The summed E-state index contributed by atoms with van der Waals surface area (Å²) in [5.74, 6) is 2.32. The third kappa shape index (κ3) is 3.82. The molecule has 0 bridgehead atoms. The standard InChI is InChI=1S/C16H23ClN2O2/c1-20-15-5-4-14(17)13(10-19-8-6-18-7-9-19)16(15)21-11-12-2-3-12/h4-5,12,18H,2-3,6-11H2,1H3. The van der Waals surface area contributed by atoms with Crippen molar-refractivity contribution in [2.45, 2.75) is 19.4 Å². The first-order chi connectivity index (χ1) is 10.3. The Morgan fingerprint density at radius 3 is 2.71 bits per heavy atom. The van der Waals surface area contributed by atoms with Crippen molar-refractivity contribution in [2.75, 3.05) is 39.9 Å². The SMILES string of the molecule is COc1ccc(Cl)c(CN2CCNCC2)c1OCC1CC1. The first-order valence-electron chi connectivity index (χ1n) is 7.69. The summed E-state index contributed by atoms with van der Waals surface area (Å²) in [6, 6.07) is 3.80. The molecule has 4 nitrogen and oxygen atoms in total. The molecule has 0 radical (unpaired) electrons. The molecular weight excluding hydrogens is 288 g/mol. The minimum Gasteiger partial charge on any atom is -0.493 e. The molecule has 0 amide bonds. The van der Waals surface area contributed by atoms with E-state index in [2.05, 4.69) is 10.2 Å². The molecule has 21 heavy (non-hydrogen) atoms. The van der Waals surface area contributed by atoms with Crippen LogP contribution < -0.4 is 14.8 Å². The molecule has 1 aliphatic carbocycles. The van der Waals surface area contributed by atoms with Gasteiger partial charge in [0.2, 0.25) is 0 Å². The van der Waals surface area contributed by atoms with Crippen LogP contribution in [0.1, 0.15) is 18.4 Å². The van der Waals surface area contributed by atoms with E-state index in [4.69, 9.17) is 21.1 Å². The summed E-state index contributed by atoms with van der Waals surface area (Å²) in [7, 11) is 1.68. The van der Waals surface area contributed by atoms with Gasteiger partial charge in [0.25, 0.3) is 0 Å². The van der Waals surface area contributed by atoms with Crippen molar-refractivity contribution in [2.24, 2.45) is 5.92 Å². The van der Waals surface area contributed by atoms with Crippen molar-refractivity contribution in [1.82, 2.24) is 10.2 Å². The highest BCUT2D eigenvalue weighted by atomic mass is 35.5. The molecule has 0 aromatic heterocycles. The number of piperazine rings is 1. The molecule has 1 saturated heterocycles. The van der Waals surface area contributed by atoms with Crippen LogP contribution in [0.3, 0.4) is 0 Å². The first-order valence-corrected chi connectivity index (χ1v) is 8.07. The molecule has 1 heterocycles. The molecule has 116 valence electrons. The van der Waals surface area contributed by atoms with Crippen molar-refractivity contribution >= 4 is 11.6 Å². The van der Waals surface area contributed by atoms with Gasteiger partial charge in [-0.3, -0.25) is 4.90 Å². The highest BCUT2D eigenvalue weighted by Gasteiger charge is 2.25. The van der Waals surface area contributed by atoms with Crippen LogP contribution in [0.2, 0.25) is 5.02 Å². The van der Waals surface area contributed by atoms with E-state index in [-0.39, 0.29) is 0 Å². The van der Waals surface area contributed by atoms with Crippen LogP contribution in [0.15, 0.2) is 12.1 Å². The van der Waals surface area contributed by atoms with E-state index >= 15 is 0 Å². The summed E-state index contributed by atoms with van der Waals surface area (Å²) < 4.78 is 11.5. The third-order valence-corrected chi connectivity index (χ3v) is 4.49. The van der Waals surface area contributed by atoms with Crippen molar-refractivity contribution < 1.29 is 9.47 Å². The second-order valence-corrected chi connectivity index (χ2v) is 6.25. The van der Waals surface area contributed by atoms with E-state index in [1.807, 2.05) is 12.1 Å². The fourth-order valence-electron chi connectivity index (χ4n) is 2.63. The largest absolute Gasteiger partial charge is 0.493 e. The highest BCUT2D eigenvalue weighted by molar-refractivity contribution is 6.31. The predicted octanol–water partition coefficient (Wildman–Crippen LogP) is 2.54. The van der Waals surface area contributed by atoms with Crippen LogP contribution in [-0.2, 0) is 6.54 Å². The Labute approximate surface area is 131 Å². The molecule has 0 unspecified atom stereocenters. The fourth-order valence-corrected chi connectivity index (χ4v) is 2.84. The normalized spacial score (nSPS) is 19.5. The minimum absolute atomic E-state index is 0.709. The number of rotatable bonds is 6. The number of hydrogen-bond acceptors (Lipinski definition) is 4. The maximum Gasteiger partial charge on any atom is 0.167 e. The van der Waals surface area contributed by atoms with Crippen LogP contribution in [0.5, 0.6) is 11.5 Å². The minimum atomic E-state index is 0.709. The molecule has 5 heteroatoms. The van der Waals surface area contributed by atoms with Gasteiger partial charge in [-0.2, -0.15) is 0 Å². The Morgan fingerprint density at radius 2 is 2.05 bits per heavy atom. The molecule has 1 aromatic rings. The van der Waals surface area contributed by atoms with Crippen molar-refractivity contribution in [3.8, 4) is 11.5 Å². The number of halogens is 1. The molecule has 2 fully saturated rings.